The zero-order chi connectivity index (χ0) is 16.4. The van der Waals surface area contributed by atoms with Gasteiger partial charge in [-0.05, 0) is 37.8 Å². The van der Waals surface area contributed by atoms with Crippen LogP contribution in [0, 0.1) is 6.92 Å². The summed E-state index contributed by atoms with van der Waals surface area (Å²) in [6, 6.07) is 5.96. The number of benzene rings is 1. The molecule has 2 heterocycles. The van der Waals surface area contributed by atoms with Gasteiger partial charge in [-0.15, -0.1) is 0 Å². The van der Waals surface area contributed by atoms with Crippen LogP contribution in [0.2, 0.25) is 0 Å². The van der Waals surface area contributed by atoms with Crippen molar-refractivity contribution in [1.82, 2.24) is 9.80 Å². The van der Waals surface area contributed by atoms with Gasteiger partial charge in [0.25, 0.3) is 5.91 Å². The van der Waals surface area contributed by atoms with Crippen molar-refractivity contribution in [3.8, 4) is 5.75 Å². The predicted molar refractivity (Wildman–Crippen MR) is 87.6 cm³/mol. The van der Waals surface area contributed by atoms with Crippen LogP contribution in [0.25, 0.3) is 0 Å². The normalized spacial score (nSPS) is 19.3. The Bertz CT molecular complexity index is 606. The molecule has 2 saturated heterocycles. The number of ether oxygens (including phenoxy) is 1. The molecule has 0 aliphatic carbocycles. The minimum atomic E-state index is 0.0335. The molecular weight excluding hydrogens is 292 g/mol. The van der Waals surface area contributed by atoms with Gasteiger partial charge >= 0.3 is 0 Å². The second kappa shape index (κ2) is 6.60. The maximum absolute atomic E-state index is 12.9. The number of nitrogens with zero attached hydrogens (tertiary/aromatic N) is 2. The molecule has 0 unspecified atom stereocenters. The van der Waals surface area contributed by atoms with E-state index in [1.165, 1.54) is 0 Å². The smallest absolute Gasteiger partial charge is 0.257 e. The van der Waals surface area contributed by atoms with Crippen LogP contribution in [0.1, 0.15) is 41.6 Å². The molecule has 0 aromatic heterocycles. The third kappa shape index (κ3) is 3.05. The molecule has 0 N–H and O–H groups in total. The van der Waals surface area contributed by atoms with Crippen LogP contribution in [0.3, 0.4) is 0 Å². The fourth-order valence-electron chi connectivity index (χ4n) is 3.68. The van der Waals surface area contributed by atoms with Gasteiger partial charge in [0.2, 0.25) is 5.91 Å². The average molecular weight is 316 g/mol. The summed E-state index contributed by atoms with van der Waals surface area (Å²) >= 11 is 0. The fraction of sp³-hybridized carbons (Fsp3) is 0.556. The first-order chi connectivity index (χ1) is 11.1. The first kappa shape index (κ1) is 15.8. The Balaban J connectivity index is 1.68. The molecule has 5 heteroatoms. The van der Waals surface area contributed by atoms with E-state index in [1.54, 1.807) is 7.11 Å². The van der Waals surface area contributed by atoms with E-state index in [2.05, 4.69) is 0 Å². The first-order valence-electron chi connectivity index (χ1n) is 8.34. The van der Waals surface area contributed by atoms with Gasteiger partial charge in [-0.3, -0.25) is 9.59 Å². The van der Waals surface area contributed by atoms with E-state index in [1.807, 2.05) is 34.9 Å². The van der Waals surface area contributed by atoms with Crippen molar-refractivity contribution in [2.24, 2.45) is 0 Å². The maximum Gasteiger partial charge on any atom is 0.257 e. The van der Waals surface area contributed by atoms with E-state index in [0.29, 0.717) is 36.9 Å². The summed E-state index contributed by atoms with van der Waals surface area (Å²) in [7, 11) is 1.59. The van der Waals surface area contributed by atoms with Crippen molar-refractivity contribution in [1.29, 1.82) is 0 Å². The number of piperidine rings is 1. The third-order valence-corrected chi connectivity index (χ3v) is 4.97. The van der Waals surface area contributed by atoms with Crippen molar-refractivity contribution in [2.75, 3.05) is 26.7 Å². The molecule has 1 aromatic rings. The SMILES string of the molecule is COc1cccc(C)c1C(=O)N1CCC(N2CCCC2=O)CC1. The fourth-order valence-corrected chi connectivity index (χ4v) is 3.68. The minimum Gasteiger partial charge on any atom is -0.496 e. The van der Waals surface area contributed by atoms with Gasteiger partial charge in [-0.1, -0.05) is 12.1 Å². The summed E-state index contributed by atoms with van der Waals surface area (Å²) in [5, 5.41) is 0. The number of hydrogen-bond acceptors (Lipinski definition) is 3. The largest absolute Gasteiger partial charge is 0.496 e. The summed E-state index contributed by atoms with van der Waals surface area (Å²) in [5.74, 6) is 0.938. The Hall–Kier alpha value is -2.04. The molecule has 2 aliphatic heterocycles. The van der Waals surface area contributed by atoms with Crippen molar-refractivity contribution >= 4 is 11.8 Å². The van der Waals surface area contributed by atoms with Crippen LogP contribution in [0.15, 0.2) is 18.2 Å². The van der Waals surface area contributed by atoms with Gasteiger partial charge < -0.3 is 14.5 Å². The summed E-state index contributed by atoms with van der Waals surface area (Å²) in [6.07, 6.45) is 3.38. The number of methoxy groups -OCH3 is 1. The van der Waals surface area contributed by atoms with E-state index in [-0.39, 0.29) is 11.8 Å². The van der Waals surface area contributed by atoms with Crippen molar-refractivity contribution in [3.05, 3.63) is 29.3 Å². The van der Waals surface area contributed by atoms with Crippen LogP contribution in [-0.4, -0.2) is 54.4 Å². The first-order valence-corrected chi connectivity index (χ1v) is 8.34. The molecule has 0 saturated carbocycles. The van der Waals surface area contributed by atoms with E-state index in [0.717, 1.165) is 31.4 Å². The number of hydrogen-bond donors (Lipinski definition) is 0. The lowest BCUT2D eigenvalue weighted by molar-refractivity contribution is -0.130. The summed E-state index contributed by atoms with van der Waals surface area (Å²) in [6.45, 7) is 4.21. The third-order valence-electron chi connectivity index (χ3n) is 4.97. The van der Waals surface area contributed by atoms with Crippen LogP contribution in [-0.2, 0) is 4.79 Å². The lowest BCUT2D eigenvalue weighted by Gasteiger charge is -2.37. The van der Waals surface area contributed by atoms with Gasteiger partial charge in [0, 0.05) is 32.1 Å². The molecule has 5 nitrogen and oxygen atoms in total. The predicted octanol–water partition coefficient (Wildman–Crippen LogP) is 2.23. The number of rotatable bonds is 3. The molecule has 2 fully saturated rings. The van der Waals surface area contributed by atoms with Crippen molar-refractivity contribution < 1.29 is 14.3 Å². The molecule has 2 amide bonds. The Morgan fingerprint density at radius 2 is 1.96 bits per heavy atom. The van der Waals surface area contributed by atoms with Gasteiger partial charge in [-0.25, -0.2) is 0 Å². The monoisotopic (exact) mass is 316 g/mol. The molecule has 1 aromatic carbocycles. The quantitative estimate of drug-likeness (QED) is 0.859. The number of carbonyl (C=O) groups is 2. The van der Waals surface area contributed by atoms with Crippen LogP contribution in [0.5, 0.6) is 5.75 Å². The van der Waals surface area contributed by atoms with Gasteiger partial charge in [0.15, 0.2) is 0 Å². The Labute approximate surface area is 137 Å². The molecule has 124 valence electrons. The zero-order valence-corrected chi connectivity index (χ0v) is 13.9. The molecule has 0 bridgehead atoms. The standard InChI is InChI=1S/C18H24N2O3/c1-13-5-3-6-15(23-2)17(13)18(22)19-11-8-14(9-12-19)20-10-4-7-16(20)21/h3,5-6,14H,4,7-12H2,1-2H3. The topological polar surface area (TPSA) is 49.9 Å². The Kier molecular flexibility index (Phi) is 4.55. The van der Waals surface area contributed by atoms with Crippen molar-refractivity contribution in [3.63, 3.8) is 0 Å². The highest BCUT2D eigenvalue weighted by Crippen LogP contribution is 2.27. The molecule has 0 spiro atoms. The summed E-state index contributed by atoms with van der Waals surface area (Å²) in [5.41, 5.74) is 1.59. The van der Waals surface area contributed by atoms with Gasteiger partial charge in [-0.2, -0.15) is 0 Å². The van der Waals surface area contributed by atoms with E-state index >= 15 is 0 Å². The molecular formula is C18H24N2O3. The highest BCUT2D eigenvalue weighted by molar-refractivity contribution is 5.98. The minimum absolute atomic E-state index is 0.0335. The van der Waals surface area contributed by atoms with E-state index < -0.39 is 0 Å². The summed E-state index contributed by atoms with van der Waals surface area (Å²) in [4.78, 5) is 28.6. The zero-order valence-electron chi connectivity index (χ0n) is 13.9. The number of amides is 2. The van der Waals surface area contributed by atoms with Gasteiger partial charge in [0.1, 0.15) is 5.75 Å². The van der Waals surface area contributed by atoms with E-state index in [4.69, 9.17) is 4.74 Å². The number of likely N-dealkylation sites (tertiary alicyclic amines) is 2. The number of aryl methyl sites for hydroxylation is 1. The highest BCUT2D eigenvalue weighted by Gasteiger charge is 2.32. The lowest BCUT2D eigenvalue weighted by Crippen LogP contribution is -2.47. The molecule has 2 aliphatic rings. The van der Waals surface area contributed by atoms with Crippen LogP contribution >= 0.6 is 0 Å². The average Bonchev–Trinajstić information content (AvgIpc) is 3.00. The van der Waals surface area contributed by atoms with E-state index in [9.17, 15) is 9.59 Å². The van der Waals surface area contributed by atoms with Crippen molar-refractivity contribution in [2.45, 2.75) is 38.6 Å². The lowest BCUT2D eigenvalue weighted by atomic mass is 10.0. The van der Waals surface area contributed by atoms with Crippen LogP contribution in [0.4, 0.5) is 0 Å². The second-order valence-electron chi connectivity index (χ2n) is 6.37. The second-order valence-corrected chi connectivity index (χ2v) is 6.37. The summed E-state index contributed by atoms with van der Waals surface area (Å²) < 4.78 is 5.35. The molecule has 0 radical (unpaired) electrons. The Morgan fingerprint density at radius 1 is 1.22 bits per heavy atom. The molecule has 0 atom stereocenters. The number of carbonyl (C=O) groups excluding carboxylic acids is 2. The molecule has 3 rings (SSSR count). The molecule has 23 heavy (non-hydrogen) atoms. The maximum atomic E-state index is 12.9. The highest BCUT2D eigenvalue weighted by atomic mass is 16.5. The van der Waals surface area contributed by atoms with Crippen LogP contribution < -0.4 is 4.74 Å². The Morgan fingerprint density at radius 3 is 2.57 bits per heavy atom. The van der Waals surface area contributed by atoms with Gasteiger partial charge in [0.05, 0.1) is 12.7 Å².